The number of benzene rings is 1. The van der Waals surface area contributed by atoms with Crippen molar-refractivity contribution in [3.8, 4) is 0 Å². The van der Waals surface area contributed by atoms with Gasteiger partial charge < -0.3 is 10.1 Å². The van der Waals surface area contributed by atoms with Crippen LogP contribution in [0.2, 0.25) is 0 Å². The van der Waals surface area contributed by atoms with Crippen molar-refractivity contribution in [1.29, 1.82) is 0 Å². The number of nitrogens with zero attached hydrogens (tertiary/aromatic N) is 2. The second-order valence-corrected chi connectivity index (χ2v) is 4.53. The van der Waals surface area contributed by atoms with Crippen molar-refractivity contribution in [2.24, 2.45) is 7.05 Å². The van der Waals surface area contributed by atoms with E-state index in [1.807, 2.05) is 50.6 Å². The van der Waals surface area contributed by atoms with E-state index in [0.29, 0.717) is 0 Å². The first kappa shape index (κ1) is 11.0. The van der Waals surface area contributed by atoms with E-state index in [1.54, 1.807) is 4.68 Å². The summed E-state index contributed by atoms with van der Waals surface area (Å²) in [5.41, 5.74) is 3.65. The van der Waals surface area contributed by atoms with E-state index in [0.717, 1.165) is 27.7 Å². The summed E-state index contributed by atoms with van der Waals surface area (Å²) in [6.07, 6.45) is 3.11. The summed E-state index contributed by atoms with van der Waals surface area (Å²) in [6.45, 7) is 1.91. The minimum atomic E-state index is -0.641. The molecule has 4 nitrogen and oxygen atoms in total. The minimum absolute atomic E-state index is 0.641. The molecule has 3 aromatic rings. The molecule has 0 amide bonds. The van der Waals surface area contributed by atoms with Crippen LogP contribution in [0.5, 0.6) is 0 Å². The van der Waals surface area contributed by atoms with Gasteiger partial charge in [-0.3, -0.25) is 4.68 Å². The molecule has 0 saturated heterocycles. The maximum absolute atomic E-state index is 10.5. The molecule has 92 valence electrons. The highest BCUT2D eigenvalue weighted by Gasteiger charge is 2.17. The van der Waals surface area contributed by atoms with Gasteiger partial charge in [0.25, 0.3) is 0 Å². The molecule has 0 bridgehead atoms. The number of fused-ring (bicyclic) bond motifs is 1. The zero-order valence-electron chi connectivity index (χ0n) is 10.4. The zero-order chi connectivity index (χ0) is 12.7. The van der Waals surface area contributed by atoms with E-state index in [-0.39, 0.29) is 0 Å². The molecule has 0 radical (unpaired) electrons. The number of rotatable bonds is 2. The molecule has 1 unspecified atom stereocenters. The van der Waals surface area contributed by atoms with Gasteiger partial charge in [0, 0.05) is 35.9 Å². The fourth-order valence-electron chi connectivity index (χ4n) is 2.40. The van der Waals surface area contributed by atoms with Crippen LogP contribution in [0.4, 0.5) is 0 Å². The quantitative estimate of drug-likeness (QED) is 0.723. The normalized spacial score (nSPS) is 13.1. The standard InChI is InChI=1S/C14H15N3O/c1-9-12(8-17(2)16-9)14(18)11-4-3-5-13-10(11)6-7-15-13/h3-8,14-15,18H,1-2H3. The molecule has 2 heterocycles. The van der Waals surface area contributed by atoms with Crippen molar-refractivity contribution >= 4 is 10.9 Å². The van der Waals surface area contributed by atoms with E-state index < -0.39 is 6.10 Å². The first-order chi connectivity index (χ1) is 8.66. The zero-order valence-corrected chi connectivity index (χ0v) is 10.4. The van der Waals surface area contributed by atoms with Crippen molar-refractivity contribution in [2.45, 2.75) is 13.0 Å². The van der Waals surface area contributed by atoms with Gasteiger partial charge in [-0.2, -0.15) is 5.10 Å². The second kappa shape index (κ2) is 3.99. The number of aromatic amines is 1. The maximum Gasteiger partial charge on any atom is 0.108 e. The SMILES string of the molecule is Cc1nn(C)cc1C(O)c1cccc2[nH]ccc12. The number of aromatic nitrogens is 3. The Morgan fingerprint density at radius 3 is 2.83 bits per heavy atom. The van der Waals surface area contributed by atoms with E-state index in [2.05, 4.69) is 10.1 Å². The molecule has 4 heteroatoms. The first-order valence-electron chi connectivity index (χ1n) is 5.91. The van der Waals surface area contributed by atoms with Crippen molar-refractivity contribution in [3.05, 3.63) is 53.5 Å². The third-order valence-electron chi connectivity index (χ3n) is 3.27. The monoisotopic (exact) mass is 241 g/mol. The molecule has 0 saturated carbocycles. The van der Waals surface area contributed by atoms with Crippen LogP contribution in [0.1, 0.15) is 22.9 Å². The summed E-state index contributed by atoms with van der Waals surface area (Å²) in [7, 11) is 1.86. The van der Waals surface area contributed by atoms with Crippen LogP contribution in [-0.2, 0) is 7.05 Å². The van der Waals surface area contributed by atoms with Gasteiger partial charge >= 0.3 is 0 Å². The lowest BCUT2D eigenvalue weighted by molar-refractivity contribution is 0.221. The van der Waals surface area contributed by atoms with Crippen LogP contribution in [-0.4, -0.2) is 19.9 Å². The Morgan fingerprint density at radius 1 is 1.28 bits per heavy atom. The van der Waals surface area contributed by atoms with Gasteiger partial charge in [0.2, 0.25) is 0 Å². The molecule has 0 fully saturated rings. The first-order valence-corrected chi connectivity index (χ1v) is 5.91. The average Bonchev–Trinajstić information content (AvgIpc) is 2.94. The van der Waals surface area contributed by atoms with Gasteiger partial charge in [-0.1, -0.05) is 12.1 Å². The number of aliphatic hydroxyl groups is 1. The van der Waals surface area contributed by atoms with Crippen LogP contribution < -0.4 is 0 Å². The Bertz CT molecular complexity index is 696. The number of hydrogen-bond donors (Lipinski definition) is 2. The molecule has 18 heavy (non-hydrogen) atoms. The lowest BCUT2D eigenvalue weighted by atomic mass is 9.99. The molecule has 1 aromatic carbocycles. The molecule has 3 rings (SSSR count). The minimum Gasteiger partial charge on any atom is -0.384 e. The largest absolute Gasteiger partial charge is 0.384 e. The Kier molecular flexibility index (Phi) is 2.45. The summed E-state index contributed by atoms with van der Waals surface area (Å²) in [4.78, 5) is 3.15. The third-order valence-corrected chi connectivity index (χ3v) is 3.27. The molecule has 0 aliphatic rings. The molecule has 2 aromatic heterocycles. The molecular weight excluding hydrogens is 226 g/mol. The van der Waals surface area contributed by atoms with Gasteiger partial charge in [0.1, 0.15) is 6.10 Å². The van der Waals surface area contributed by atoms with Gasteiger partial charge in [-0.15, -0.1) is 0 Å². The fourth-order valence-corrected chi connectivity index (χ4v) is 2.40. The average molecular weight is 241 g/mol. The molecule has 0 aliphatic heterocycles. The predicted octanol–water partition coefficient (Wildman–Crippen LogP) is 2.29. The van der Waals surface area contributed by atoms with Crippen molar-refractivity contribution in [3.63, 3.8) is 0 Å². The van der Waals surface area contributed by atoms with E-state index >= 15 is 0 Å². The summed E-state index contributed by atoms with van der Waals surface area (Å²) in [6, 6.07) is 7.89. The number of hydrogen-bond acceptors (Lipinski definition) is 2. The second-order valence-electron chi connectivity index (χ2n) is 4.53. The Hall–Kier alpha value is -2.07. The molecule has 0 aliphatic carbocycles. The Balaban J connectivity index is 2.14. The number of aryl methyl sites for hydroxylation is 2. The van der Waals surface area contributed by atoms with Crippen LogP contribution >= 0.6 is 0 Å². The Morgan fingerprint density at radius 2 is 2.11 bits per heavy atom. The van der Waals surface area contributed by atoms with Crippen LogP contribution in [0.3, 0.4) is 0 Å². The Labute approximate surface area is 105 Å². The van der Waals surface area contributed by atoms with Crippen LogP contribution in [0.25, 0.3) is 10.9 Å². The van der Waals surface area contributed by atoms with Gasteiger partial charge in [0.05, 0.1) is 5.69 Å². The van der Waals surface area contributed by atoms with Gasteiger partial charge in [-0.05, 0) is 24.6 Å². The summed E-state index contributed by atoms with van der Waals surface area (Å²) in [5, 5.41) is 15.9. The predicted molar refractivity (Wildman–Crippen MR) is 70.3 cm³/mol. The van der Waals surface area contributed by atoms with Crippen molar-refractivity contribution in [2.75, 3.05) is 0 Å². The van der Waals surface area contributed by atoms with E-state index in [9.17, 15) is 5.11 Å². The van der Waals surface area contributed by atoms with E-state index in [4.69, 9.17) is 0 Å². The van der Waals surface area contributed by atoms with Crippen LogP contribution in [0, 0.1) is 6.92 Å². The number of nitrogens with one attached hydrogen (secondary N) is 1. The highest BCUT2D eigenvalue weighted by atomic mass is 16.3. The highest BCUT2D eigenvalue weighted by molar-refractivity contribution is 5.83. The maximum atomic E-state index is 10.5. The lowest BCUT2D eigenvalue weighted by Crippen LogP contribution is -2.00. The molecule has 1 atom stereocenters. The summed E-state index contributed by atoms with van der Waals surface area (Å²) >= 11 is 0. The van der Waals surface area contributed by atoms with Crippen molar-refractivity contribution in [1.82, 2.24) is 14.8 Å². The van der Waals surface area contributed by atoms with Crippen molar-refractivity contribution < 1.29 is 5.11 Å². The van der Waals surface area contributed by atoms with E-state index in [1.165, 1.54) is 0 Å². The smallest absolute Gasteiger partial charge is 0.108 e. The molecule has 0 spiro atoms. The van der Waals surface area contributed by atoms with Crippen LogP contribution in [0.15, 0.2) is 36.7 Å². The molecule has 2 N–H and O–H groups in total. The molecular formula is C14H15N3O. The lowest BCUT2D eigenvalue weighted by Gasteiger charge is -2.11. The number of aliphatic hydroxyl groups excluding tert-OH is 1. The fraction of sp³-hybridized carbons (Fsp3) is 0.214. The third kappa shape index (κ3) is 1.62. The summed E-state index contributed by atoms with van der Waals surface area (Å²) < 4.78 is 1.73. The topological polar surface area (TPSA) is 53.8 Å². The summed E-state index contributed by atoms with van der Waals surface area (Å²) in [5.74, 6) is 0. The van der Waals surface area contributed by atoms with Gasteiger partial charge in [0.15, 0.2) is 0 Å². The highest BCUT2D eigenvalue weighted by Crippen LogP contribution is 2.29. The number of H-pyrrole nitrogens is 1. The van der Waals surface area contributed by atoms with Gasteiger partial charge in [-0.25, -0.2) is 0 Å².